The van der Waals surface area contributed by atoms with Crippen LogP contribution in [0.3, 0.4) is 0 Å². The number of hydrogen-bond donors (Lipinski definition) is 1. The SMILES string of the molecule is O=C(O)CC1CCCN1C(=O)c1ccc(I)c(Cl)c1. The van der Waals surface area contributed by atoms with Gasteiger partial charge < -0.3 is 10.0 Å². The molecule has 2 rings (SSSR count). The zero-order valence-electron chi connectivity index (χ0n) is 10.1. The largest absolute Gasteiger partial charge is 0.481 e. The number of aliphatic carboxylic acids is 1. The highest BCUT2D eigenvalue weighted by molar-refractivity contribution is 14.1. The Hall–Kier alpha value is -0.820. The number of carboxylic acids is 1. The minimum absolute atomic E-state index is 0.00381. The highest BCUT2D eigenvalue weighted by Crippen LogP contribution is 2.25. The number of amides is 1. The van der Waals surface area contributed by atoms with Gasteiger partial charge in [-0.3, -0.25) is 9.59 Å². The van der Waals surface area contributed by atoms with Crippen molar-refractivity contribution in [2.45, 2.75) is 25.3 Å². The van der Waals surface area contributed by atoms with Crippen LogP contribution in [-0.2, 0) is 4.79 Å². The molecule has 1 atom stereocenters. The minimum Gasteiger partial charge on any atom is -0.481 e. The number of halogens is 2. The summed E-state index contributed by atoms with van der Waals surface area (Å²) in [5.41, 5.74) is 0.516. The molecule has 0 bridgehead atoms. The molecule has 6 heteroatoms. The van der Waals surface area contributed by atoms with Gasteiger partial charge >= 0.3 is 5.97 Å². The molecule has 1 fully saturated rings. The van der Waals surface area contributed by atoms with Gasteiger partial charge in [-0.25, -0.2) is 0 Å². The van der Waals surface area contributed by atoms with Crippen molar-refractivity contribution >= 4 is 46.1 Å². The van der Waals surface area contributed by atoms with Gasteiger partial charge in [0.15, 0.2) is 0 Å². The molecule has 1 aromatic carbocycles. The number of likely N-dealkylation sites (tertiary alicyclic amines) is 1. The second-order valence-corrected chi connectivity index (χ2v) is 6.09. The lowest BCUT2D eigenvalue weighted by molar-refractivity contribution is -0.137. The van der Waals surface area contributed by atoms with E-state index in [1.54, 1.807) is 23.1 Å². The maximum Gasteiger partial charge on any atom is 0.305 e. The molecule has 19 heavy (non-hydrogen) atoms. The van der Waals surface area contributed by atoms with Gasteiger partial charge in [0.05, 0.1) is 11.4 Å². The summed E-state index contributed by atoms with van der Waals surface area (Å²) in [5, 5.41) is 9.41. The van der Waals surface area contributed by atoms with Crippen LogP contribution in [0.25, 0.3) is 0 Å². The van der Waals surface area contributed by atoms with Gasteiger partial charge in [-0.2, -0.15) is 0 Å². The molecule has 0 saturated carbocycles. The van der Waals surface area contributed by atoms with Crippen LogP contribution in [0.5, 0.6) is 0 Å². The Morgan fingerprint density at radius 1 is 1.47 bits per heavy atom. The summed E-state index contributed by atoms with van der Waals surface area (Å²) in [4.78, 5) is 24.8. The summed E-state index contributed by atoms with van der Waals surface area (Å²) < 4.78 is 0.888. The molecule has 0 aliphatic carbocycles. The standard InChI is InChI=1S/C13H13ClINO3/c14-10-6-8(3-4-11(10)15)13(19)16-5-1-2-9(16)7-12(17)18/h3-4,6,9H,1-2,5,7H2,(H,17,18). The molecule has 1 amide bonds. The lowest BCUT2D eigenvalue weighted by Crippen LogP contribution is -2.36. The first kappa shape index (κ1) is 14.6. The summed E-state index contributed by atoms with van der Waals surface area (Å²) in [6, 6.07) is 4.95. The Balaban J connectivity index is 2.18. The molecule has 1 saturated heterocycles. The summed E-state index contributed by atoms with van der Waals surface area (Å²) in [5.74, 6) is -1.01. The molecule has 102 valence electrons. The molecule has 1 heterocycles. The smallest absolute Gasteiger partial charge is 0.305 e. The number of carbonyl (C=O) groups excluding carboxylic acids is 1. The van der Waals surface area contributed by atoms with Crippen LogP contribution in [0, 0.1) is 3.57 Å². The van der Waals surface area contributed by atoms with Crippen molar-refractivity contribution in [3.8, 4) is 0 Å². The van der Waals surface area contributed by atoms with Crippen LogP contribution in [0.15, 0.2) is 18.2 Å². The third kappa shape index (κ3) is 3.39. The third-order valence-corrected chi connectivity index (χ3v) is 4.79. The van der Waals surface area contributed by atoms with E-state index in [0.29, 0.717) is 17.1 Å². The van der Waals surface area contributed by atoms with Crippen molar-refractivity contribution < 1.29 is 14.7 Å². The first-order valence-corrected chi connectivity index (χ1v) is 7.42. The van der Waals surface area contributed by atoms with E-state index in [4.69, 9.17) is 16.7 Å². The van der Waals surface area contributed by atoms with Crippen molar-refractivity contribution in [3.05, 3.63) is 32.4 Å². The second-order valence-electron chi connectivity index (χ2n) is 4.52. The predicted molar refractivity (Wildman–Crippen MR) is 80.5 cm³/mol. The third-order valence-electron chi connectivity index (χ3n) is 3.21. The average molecular weight is 394 g/mol. The molecule has 1 unspecified atom stereocenters. The lowest BCUT2D eigenvalue weighted by atomic mass is 10.1. The monoisotopic (exact) mass is 393 g/mol. The van der Waals surface area contributed by atoms with E-state index in [-0.39, 0.29) is 18.4 Å². The van der Waals surface area contributed by atoms with Gasteiger partial charge in [0.2, 0.25) is 0 Å². The molecule has 4 nitrogen and oxygen atoms in total. The quantitative estimate of drug-likeness (QED) is 0.803. The van der Waals surface area contributed by atoms with E-state index >= 15 is 0 Å². The molecule has 1 aliphatic rings. The second kappa shape index (κ2) is 6.09. The lowest BCUT2D eigenvalue weighted by Gasteiger charge is -2.23. The molecular weight excluding hydrogens is 381 g/mol. The van der Waals surface area contributed by atoms with E-state index in [1.807, 2.05) is 0 Å². The predicted octanol–water partition coefficient (Wildman–Crippen LogP) is 3.02. The van der Waals surface area contributed by atoms with Crippen molar-refractivity contribution in [1.29, 1.82) is 0 Å². The van der Waals surface area contributed by atoms with E-state index in [9.17, 15) is 9.59 Å². The molecule has 0 spiro atoms. The fourth-order valence-corrected chi connectivity index (χ4v) is 2.83. The number of hydrogen-bond acceptors (Lipinski definition) is 2. The van der Waals surface area contributed by atoms with Crippen molar-refractivity contribution in [3.63, 3.8) is 0 Å². The van der Waals surface area contributed by atoms with E-state index < -0.39 is 5.97 Å². The number of carboxylic acid groups (broad SMARTS) is 1. The van der Waals surface area contributed by atoms with E-state index in [1.165, 1.54) is 0 Å². The fourth-order valence-electron chi connectivity index (χ4n) is 2.31. The fraction of sp³-hybridized carbons (Fsp3) is 0.385. The van der Waals surface area contributed by atoms with Crippen LogP contribution >= 0.6 is 34.2 Å². The molecule has 1 aliphatic heterocycles. The van der Waals surface area contributed by atoms with Crippen LogP contribution in [-0.4, -0.2) is 34.5 Å². The van der Waals surface area contributed by atoms with E-state index in [2.05, 4.69) is 22.6 Å². The normalized spacial score (nSPS) is 18.6. The Morgan fingerprint density at radius 2 is 2.21 bits per heavy atom. The minimum atomic E-state index is -0.870. The number of carbonyl (C=O) groups is 2. The van der Waals surface area contributed by atoms with Crippen molar-refractivity contribution in [2.75, 3.05) is 6.54 Å². The van der Waals surface area contributed by atoms with Gasteiger partial charge in [-0.15, -0.1) is 0 Å². The Bertz CT molecular complexity index is 521. The summed E-state index contributed by atoms with van der Waals surface area (Å²) in [7, 11) is 0. The zero-order chi connectivity index (χ0) is 14.0. The Kier molecular flexibility index (Phi) is 4.67. The number of benzene rings is 1. The van der Waals surface area contributed by atoms with Crippen LogP contribution in [0.2, 0.25) is 5.02 Å². The number of nitrogens with zero attached hydrogens (tertiary/aromatic N) is 1. The highest BCUT2D eigenvalue weighted by atomic mass is 127. The van der Waals surface area contributed by atoms with Gasteiger partial charge in [0.25, 0.3) is 5.91 Å². The summed E-state index contributed by atoms with van der Waals surface area (Å²) >= 11 is 8.11. The van der Waals surface area contributed by atoms with Gasteiger partial charge in [-0.05, 0) is 53.6 Å². The number of rotatable bonds is 3. The summed E-state index contributed by atoms with van der Waals surface area (Å²) in [6.07, 6.45) is 1.60. The highest BCUT2D eigenvalue weighted by Gasteiger charge is 2.31. The van der Waals surface area contributed by atoms with Crippen LogP contribution in [0.4, 0.5) is 0 Å². The average Bonchev–Trinajstić information content (AvgIpc) is 2.79. The molecule has 0 radical (unpaired) electrons. The Morgan fingerprint density at radius 3 is 2.84 bits per heavy atom. The van der Waals surface area contributed by atoms with E-state index in [0.717, 1.165) is 16.4 Å². The first-order chi connectivity index (χ1) is 8.99. The van der Waals surface area contributed by atoms with Crippen molar-refractivity contribution in [1.82, 2.24) is 4.90 Å². The first-order valence-electron chi connectivity index (χ1n) is 5.97. The van der Waals surface area contributed by atoms with Gasteiger partial charge in [-0.1, -0.05) is 11.6 Å². The van der Waals surface area contributed by atoms with Gasteiger partial charge in [0.1, 0.15) is 0 Å². The molecule has 0 aromatic heterocycles. The zero-order valence-corrected chi connectivity index (χ0v) is 13.0. The maximum atomic E-state index is 12.4. The summed E-state index contributed by atoms with van der Waals surface area (Å²) in [6.45, 7) is 0.611. The molecular formula is C13H13ClINO3. The van der Waals surface area contributed by atoms with Crippen molar-refractivity contribution in [2.24, 2.45) is 0 Å². The van der Waals surface area contributed by atoms with Crippen LogP contribution in [0.1, 0.15) is 29.6 Å². The molecule has 1 aromatic rings. The topological polar surface area (TPSA) is 57.6 Å². The maximum absolute atomic E-state index is 12.4. The Labute approximate surface area is 129 Å². The van der Waals surface area contributed by atoms with Gasteiger partial charge in [0, 0.05) is 21.7 Å². The molecule has 1 N–H and O–H groups in total. The van der Waals surface area contributed by atoms with Crippen LogP contribution < -0.4 is 0 Å².